The van der Waals surface area contributed by atoms with Crippen LogP contribution in [0.2, 0.25) is 0 Å². The van der Waals surface area contributed by atoms with Gasteiger partial charge in [-0.25, -0.2) is 9.18 Å². The highest BCUT2D eigenvalue weighted by Gasteiger charge is 2.21. The molecule has 0 aliphatic heterocycles. The molecular formula is C17H15FO4. The molecule has 0 aliphatic rings. The molecule has 0 N–H and O–H groups in total. The normalized spacial score (nSPS) is 11.6. The van der Waals surface area contributed by atoms with Gasteiger partial charge >= 0.3 is 5.97 Å². The minimum atomic E-state index is -0.983. The molecule has 0 aliphatic carbocycles. The number of rotatable bonds is 5. The van der Waals surface area contributed by atoms with Crippen LogP contribution in [0.4, 0.5) is 4.39 Å². The number of carbonyl (C=O) groups excluding carboxylic acids is 2. The lowest BCUT2D eigenvalue weighted by atomic mass is 10.1. The van der Waals surface area contributed by atoms with Gasteiger partial charge in [0.05, 0.1) is 12.7 Å². The summed E-state index contributed by atoms with van der Waals surface area (Å²) in [5.41, 5.74) is 0.434. The highest BCUT2D eigenvalue weighted by Crippen LogP contribution is 2.16. The first kappa shape index (κ1) is 15.7. The van der Waals surface area contributed by atoms with Crippen LogP contribution in [0.5, 0.6) is 5.75 Å². The Balaban J connectivity index is 2.09. The van der Waals surface area contributed by atoms with Gasteiger partial charge in [-0.2, -0.15) is 0 Å². The molecule has 0 bridgehead atoms. The Morgan fingerprint density at radius 2 is 1.73 bits per heavy atom. The second kappa shape index (κ2) is 6.85. The fraction of sp³-hybridized carbons (Fsp3) is 0.176. The van der Waals surface area contributed by atoms with Crippen molar-refractivity contribution in [3.63, 3.8) is 0 Å². The summed E-state index contributed by atoms with van der Waals surface area (Å²) in [5, 5.41) is 0. The lowest BCUT2D eigenvalue weighted by molar-refractivity contribution is 0.0318. The zero-order chi connectivity index (χ0) is 16.1. The van der Waals surface area contributed by atoms with Gasteiger partial charge in [0.15, 0.2) is 6.10 Å². The maximum absolute atomic E-state index is 13.1. The van der Waals surface area contributed by atoms with E-state index in [0.29, 0.717) is 11.3 Å². The van der Waals surface area contributed by atoms with Crippen molar-refractivity contribution < 1.29 is 23.5 Å². The van der Waals surface area contributed by atoms with E-state index in [-0.39, 0.29) is 11.3 Å². The van der Waals surface area contributed by atoms with E-state index in [4.69, 9.17) is 9.47 Å². The standard InChI is InChI=1S/C17H15FO4/c1-11(16(19)12-5-4-8-15(10-12)21-2)22-17(20)13-6-3-7-14(18)9-13/h3-11H,1-2H3/t11-/m0/s1. The zero-order valence-electron chi connectivity index (χ0n) is 12.2. The van der Waals surface area contributed by atoms with Crippen molar-refractivity contribution in [2.45, 2.75) is 13.0 Å². The fourth-order valence-corrected chi connectivity index (χ4v) is 1.91. The monoisotopic (exact) mass is 302 g/mol. The summed E-state index contributed by atoms with van der Waals surface area (Å²) in [7, 11) is 1.50. The van der Waals surface area contributed by atoms with Gasteiger partial charge in [0.25, 0.3) is 0 Å². The van der Waals surface area contributed by atoms with Crippen LogP contribution >= 0.6 is 0 Å². The van der Waals surface area contributed by atoms with Crippen LogP contribution < -0.4 is 4.74 Å². The van der Waals surface area contributed by atoms with Crippen LogP contribution in [0.15, 0.2) is 48.5 Å². The third-order valence-electron chi connectivity index (χ3n) is 3.07. The molecule has 22 heavy (non-hydrogen) atoms. The van der Waals surface area contributed by atoms with E-state index in [1.54, 1.807) is 24.3 Å². The van der Waals surface area contributed by atoms with Crippen molar-refractivity contribution in [2.24, 2.45) is 0 Å². The van der Waals surface area contributed by atoms with Gasteiger partial charge in [0, 0.05) is 5.56 Å². The highest BCUT2D eigenvalue weighted by atomic mass is 19.1. The summed E-state index contributed by atoms with van der Waals surface area (Å²) in [5.74, 6) is -1.11. The van der Waals surface area contributed by atoms with Gasteiger partial charge < -0.3 is 9.47 Å². The molecule has 0 unspecified atom stereocenters. The van der Waals surface area contributed by atoms with Gasteiger partial charge in [0.2, 0.25) is 5.78 Å². The van der Waals surface area contributed by atoms with E-state index in [0.717, 1.165) is 6.07 Å². The molecule has 4 nitrogen and oxygen atoms in total. The van der Waals surface area contributed by atoms with E-state index in [2.05, 4.69) is 0 Å². The molecule has 2 aromatic carbocycles. The Morgan fingerprint density at radius 3 is 2.41 bits per heavy atom. The molecule has 0 fully saturated rings. The molecule has 0 saturated heterocycles. The number of Topliss-reactive ketones (excluding diaryl/α,β-unsaturated/α-hetero) is 1. The van der Waals surface area contributed by atoms with Gasteiger partial charge in [-0.3, -0.25) is 4.79 Å². The summed E-state index contributed by atoms with van der Waals surface area (Å²) < 4.78 is 23.2. The van der Waals surface area contributed by atoms with Gasteiger partial charge in [-0.1, -0.05) is 18.2 Å². The largest absolute Gasteiger partial charge is 0.497 e. The summed E-state index contributed by atoms with van der Waals surface area (Å²) in [6.07, 6.45) is -0.983. The zero-order valence-corrected chi connectivity index (χ0v) is 12.2. The predicted octanol–water partition coefficient (Wildman–Crippen LogP) is 3.26. The third kappa shape index (κ3) is 3.69. The fourth-order valence-electron chi connectivity index (χ4n) is 1.91. The number of benzene rings is 2. The Kier molecular flexibility index (Phi) is 4.88. The number of methoxy groups -OCH3 is 1. The highest BCUT2D eigenvalue weighted by molar-refractivity contribution is 6.01. The Hall–Kier alpha value is -2.69. The van der Waals surface area contributed by atoms with Crippen LogP contribution in [0, 0.1) is 5.82 Å². The van der Waals surface area contributed by atoms with Crippen LogP contribution in [0.3, 0.4) is 0 Å². The lowest BCUT2D eigenvalue weighted by Crippen LogP contribution is -2.24. The summed E-state index contributed by atoms with van der Waals surface area (Å²) in [4.78, 5) is 24.1. The molecule has 0 heterocycles. The van der Waals surface area contributed by atoms with Crippen LogP contribution in [0.25, 0.3) is 0 Å². The maximum atomic E-state index is 13.1. The number of hydrogen-bond acceptors (Lipinski definition) is 4. The predicted molar refractivity (Wildman–Crippen MR) is 78.6 cm³/mol. The number of carbonyl (C=O) groups is 2. The van der Waals surface area contributed by atoms with E-state index in [1.807, 2.05) is 0 Å². The van der Waals surface area contributed by atoms with Crippen molar-refractivity contribution in [1.82, 2.24) is 0 Å². The van der Waals surface area contributed by atoms with Crippen LogP contribution in [0.1, 0.15) is 27.6 Å². The maximum Gasteiger partial charge on any atom is 0.338 e. The van der Waals surface area contributed by atoms with Crippen molar-refractivity contribution in [3.8, 4) is 5.75 Å². The summed E-state index contributed by atoms with van der Waals surface area (Å²) in [6, 6.07) is 11.7. The average molecular weight is 302 g/mol. The van der Waals surface area contributed by atoms with Gasteiger partial charge in [-0.05, 0) is 37.3 Å². The van der Waals surface area contributed by atoms with E-state index in [9.17, 15) is 14.0 Å². The van der Waals surface area contributed by atoms with Crippen LogP contribution in [-0.2, 0) is 4.74 Å². The second-order valence-electron chi connectivity index (χ2n) is 4.65. The number of hydrogen-bond donors (Lipinski definition) is 0. The molecule has 0 radical (unpaired) electrons. The molecule has 0 spiro atoms. The molecule has 114 valence electrons. The Morgan fingerprint density at radius 1 is 1.05 bits per heavy atom. The van der Waals surface area contributed by atoms with E-state index < -0.39 is 17.9 Å². The van der Waals surface area contributed by atoms with Crippen LogP contribution in [-0.4, -0.2) is 25.0 Å². The quantitative estimate of drug-likeness (QED) is 0.628. The Labute approximate surface area is 127 Å². The van der Waals surface area contributed by atoms with Crippen molar-refractivity contribution in [3.05, 3.63) is 65.5 Å². The second-order valence-corrected chi connectivity index (χ2v) is 4.65. The van der Waals surface area contributed by atoms with Crippen molar-refractivity contribution in [2.75, 3.05) is 7.11 Å². The first-order valence-corrected chi connectivity index (χ1v) is 6.66. The van der Waals surface area contributed by atoms with Gasteiger partial charge in [-0.15, -0.1) is 0 Å². The van der Waals surface area contributed by atoms with E-state index in [1.165, 1.54) is 32.2 Å². The number of esters is 1. The first-order valence-electron chi connectivity index (χ1n) is 6.66. The SMILES string of the molecule is COc1cccc(C(=O)[C@H](C)OC(=O)c2cccc(F)c2)c1. The molecular weight excluding hydrogens is 287 g/mol. The average Bonchev–Trinajstić information content (AvgIpc) is 2.54. The first-order chi connectivity index (χ1) is 10.5. The molecule has 0 aromatic heterocycles. The molecule has 1 atom stereocenters. The minimum Gasteiger partial charge on any atom is -0.497 e. The number of ketones is 1. The molecule has 5 heteroatoms. The minimum absolute atomic E-state index is 0.0605. The molecule has 2 rings (SSSR count). The topological polar surface area (TPSA) is 52.6 Å². The molecule has 2 aromatic rings. The lowest BCUT2D eigenvalue weighted by Gasteiger charge is -2.13. The van der Waals surface area contributed by atoms with Gasteiger partial charge in [0.1, 0.15) is 11.6 Å². The van der Waals surface area contributed by atoms with Crippen molar-refractivity contribution >= 4 is 11.8 Å². The third-order valence-corrected chi connectivity index (χ3v) is 3.07. The Bertz CT molecular complexity index is 697. The summed E-state index contributed by atoms with van der Waals surface area (Å²) in [6.45, 7) is 1.47. The molecule has 0 saturated carbocycles. The molecule has 0 amide bonds. The number of halogens is 1. The smallest absolute Gasteiger partial charge is 0.338 e. The van der Waals surface area contributed by atoms with E-state index >= 15 is 0 Å². The number of ether oxygens (including phenoxy) is 2. The van der Waals surface area contributed by atoms with Crippen molar-refractivity contribution in [1.29, 1.82) is 0 Å². The summed E-state index contributed by atoms with van der Waals surface area (Å²) >= 11 is 0.